The third-order valence-corrected chi connectivity index (χ3v) is 3.42. The van der Waals surface area contributed by atoms with E-state index in [1.807, 2.05) is 0 Å². The molecule has 0 saturated carbocycles. The highest BCUT2D eigenvalue weighted by atomic mass is 14.2. The van der Waals surface area contributed by atoms with Crippen molar-refractivity contribution < 1.29 is 0 Å². The van der Waals surface area contributed by atoms with E-state index in [0.29, 0.717) is 5.92 Å². The standard InChI is InChI=1S/C15H24/c1-6-11(2)9-14(5)15-10-12(3)7-8-13(15)4/h7-8,10-11,14H,6,9H2,1-5H3. The van der Waals surface area contributed by atoms with Crippen molar-refractivity contribution in [3.05, 3.63) is 34.9 Å². The predicted octanol–water partition coefficient (Wildman–Crippen LogP) is 4.84. The fourth-order valence-corrected chi connectivity index (χ4v) is 2.19. The van der Waals surface area contributed by atoms with Crippen LogP contribution in [0.1, 0.15) is 56.2 Å². The summed E-state index contributed by atoms with van der Waals surface area (Å²) in [5, 5.41) is 0. The second-order valence-corrected chi connectivity index (χ2v) is 5.01. The van der Waals surface area contributed by atoms with Gasteiger partial charge < -0.3 is 0 Å². The van der Waals surface area contributed by atoms with Gasteiger partial charge in [0.1, 0.15) is 0 Å². The Morgan fingerprint density at radius 2 is 1.80 bits per heavy atom. The Labute approximate surface area is 94.7 Å². The largest absolute Gasteiger partial charge is 0.0651 e. The molecule has 0 radical (unpaired) electrons. The quantitative estimate of drug-likeness (QED) is 0.658. The third kappa shape index (κ3) is 3.37. The van der Waals surface area contributed by atoms with E-state index in [1.54, 1.807) is 0 Å². The van der Waals surface area contributed by atoms with Crippen molar-refractivity contribution >= 4 is 0 Å². The topological polar surface area (TPSA) is 0 Å². The molecule has 0 saturated heterocycles. The van der Waals surface area contributed by atoms with E-state index in [4.69, 9.17) is 0 Å². The lowest BCUT2D eigenvalue weighted by Gasteiger charge is -2.18. The summed E-state index contributed by atoms with van der Waals surface area (Å²) < 4.78 is 0. The maximum Gasteiger partial charge on any atom is -0.0185 e. The number of rotatable bonds is 4. The highest BCUT2D eigenvalue weighted by molar-refractivity contribution is 5.32. The molecule has 84 valence electrons. The summed E-state index contributed by atoms with van der Waals surface area (Å²) in [7, 11) is 0. The molecular formula is C15H24. The number of benzene rings is 1. The van der Waals surface area contributed by atoms with Crippen LogP contribution < -0.4 is 0 Å². The van der Waals surface area contributed by atoms with E-state index < -0.39 is 0 Å². The molecule has 0 N–H and O–H groups in total. The fraction of sp³-hybridized carbons (Fsp3) is 0.600. The van der Waals surface area contributed by atoms with Gasteiger partial charge in [-0.05, 0) is 43.2 Å². The van der Waals surface area contributed by atoms with Crippen molar-refractivity contribution in [2.24, 2.45) is 5.92 Å². The molecule has 0 spiro atoms. The summed E-state index contributed by atoms with van der Waals surface area (Å²) >= 11 is 0. The van der Waals surface area contributed by atoms with Crippen molar-refractivity contribution in [2.75, 3.05) is 0 Å². The molecule has 0 aliphatic rings. The summed E-state index contributed by atoms with van der Waals surface area (Å²) in [6, 6.07) is 6.80. The molecule has 1 aromatic rings. The zero-order chi connectivity index (χ0) is 11.4. The molecule has 0 heteroatoms. The van der Waals surface area contributed by atoms with E-state index in [0.717, 1.165) is 5.92 Å². The Morgan fingerprint density at radius 1 is 1.13 bits per heavy atom. The maximum absolute atomic E-state index is 2.36. The first kappa shape index (κ1) is 12.3. The van der Waals surface area contributed by atoms with Gasteiger partial charge in [-0.3, -0.25) is 0 Å². The Kier molecular flexibility index (Phi) is 4.38. The molecule has 2 unspecified atom stereocenters. The van der Waals surface area contributed by atoms with Crippen LogP contribution >= 0.6 is 0 Å². The average molecular weight is 204 g/mol. The van der Waals surface area contributed by atoms with Crippen molar-refractivity contribution in [3.8, 4) is 0 Å². The van der Waals surface area contributed by atoms with E-state index in [2.05, 4.69) is 52.8 Å². The van der Waals surface area contributed by atoms with Crippen LogP contribution in [0.3, 0.4) is 0 Å². The van der Waals surface area contributed by atoms with Gasteiger partial charge in [-0.1, -0.05) is 51.0 Å². The smallest absolute Gasteiger partial charge is 0.0185 e. The Hall–Kier alpha value is -0.780. The van der Waals surface area contributed by atoms with Crippen molar-refractivity contribution in [1.29, 1.82) is 0 Å². The molecule has 0 bridgehead atoms. The van der Waals surface area contributed by atoms with Crippen LogP contribution in [0.25, 0.3) is 0 Å². The minimum atomic E-state index is 0.694. The second-order valence-electron chi connectivity index (χ2n) is 5.01. The second kappa shape index (κ2) is 5.34. The maximum atomic E-state index is 2.36. The summed E-state index contributed by atoms with van der Waals surface area (Å²) in [5.74, 6) is 1.53. The molecule has 15 heavy (non-hydrogen) atoms. The third-order valence-electron chi connectivity index (χ3n) is 3.42. The molecule has 0 heterocycles. The highest BCUT2D eigenvalue weighted by Gasteiger charge is 2.11. The fourth-order valence-electron chi connectivity index (χ4n) is 2.19. The van der Waals surface area contributed by atoms with Crippen molar-refractivity contribution in [1.82, 2.24) is 0 Å². The monoisotopic (exact) mass is 204 g/mol. The zero-order valence-corrected chi connectivity index (χ0v) is 10.8. The molecule has 1 rings (SSSR count). The van der Waals surface area contributed by atoms with Gasteiger partial charge in [0.2, 0.25) is 0 Å². The van der Waals surface area contributed by atoms with Crippen LogP contribution in [0.4, 0.5) is 0 Å². The molecule has 0 nitrogen and oxygen atoms in total. The van der Waals surface area contributed by atoms with E-state index >= 15 is 0 Å². The number of hydrogen-bond donors (Lipinski definition) is 0. The van der Waals surface area contributed by atoms with E-state index in [9.17, 15) is 0 Å². The Morgan fingerprint density at radius 3 is 2.40 bits per heavy atom. The van der Waals surface area contributed by atoms with Crippen LogP contribution in [0.5, 0.6) is 0 Å². The lowest BCUT2D eigenvalue weighted by atomic mass is 9.87. The van der Waals surface area contributed by atoms with Gasteiger partial charge in [0.15, 0.2) is 0 Å². The minimum absolute atomic E-state index is 0.694. The number of aryl methyl sites for hydroxylation is 2. The van der Waals surface area contributed by atoms with Gasteiger partial charge in [0.05, 0.1) is 0 Å². The minimum Gasteiger partial charge on any atom is -0.0651 e. The first-order valence-corrected chi connectivity index (χ1v) is 6.11. The van der Waals surface area contributed by atoms with Gasteiger partial charge in [-0.25, -0.2) is 0 Å². The summed E-state index contributed by atoms with van der Waals surface area (Å²) in [5.41, 5.74) is 4.36. The van der Waals surface area contributed by atoms with Crippen LogP contribution in [0.15, 0.2) is 18.2 Å². The average Bonchev–Trinajstić information content (AvgIpc) is 2.21. The van der Waals surface area contributed by atoms with E-state index in [1.165, 1.54) is 29.5 Å². The normalized spacial score (nSPS) is 15.0. The van der Waals surface area contributed by atoms with Gasteiger partial charge in [-0.2, -0.15) is 0 Å². The zero-order valence-electron chi connectivity index (χ0n) is 10.8. The van der Waals surface area contributed by atoms with E-state index in [-0.39, 0.29) is 0 Å². The van der Waals surface area contributed by atoms with Gasteiger partial charge in [0, 0.05) is 0 Å². The summed E-state index contributed by atoms with van der Waals surface area (Å²) in [4.78, 5) is 0. The molecule has 0 aromatic heterocycles. The molecule has 0 fully saturated rings. The van der Waals surface area contributed by atoms with Crippen molar-refractivity contribution in [2.45, 2.75) is 53.4 Å². The van der Waals surface area contributed by atoms with Gasteiger partial charge >= 0.3 is 0 Å². The molecule has 0 aliphatic carbocycles. The molecular weight excluding hydrogens is 180 g/mol. The predicted molar refractivity (Wildman–Crippen MR) is 68.4 cm³/mol. The molecule has 1 aromatic carbocycles. The summed E-state index contributed by atoms with van der Waals surface area (Å²) in [6.45, 7) is 11.4. The Balaban J connectivity index is 2.80. The molecule has 0 amide bonds. The van der Waals surface area contributed by atoms with Crippen molar-refractivity contribution in [3.63, 3.8) is 0 Å². The highest BCUT2D eigenvalue weighted by Crippen LogP contribution is 2.27. The van der Waals surface area contributed by atoms with Crippen LogP contribution in [0.2, 0.25) is 0 Å². The summed E-state index contributed by atoms with van der Waals surface area (Å²) in [6.07, 6.45) is 2.59. The lowest BCUT2D eigenvalue weighted by Crippen LogP contribution is -2.03. The molecule has 0 aliphatic heterocycles. The van der Waals surface area contributed by atoms with Gasteiger partial charge in [-0.15, -0.1) is 0 Å². The molecule has 2 atom stereocenters. The lowest BCUT2D eigenvalue weighted by molar-refractivity contribution is 0.470. The van der Waals surface area contributed by atoms with Crippen LogP contribution in [-0.4, -0.2) is 0 Å². The Bertz CT molecular complexity index is 312. The first-order chi connectivity index (χ1) is 7.04. The number of hydrogen-bond acceptors (Lipinski definition) is 0. The SMILES string of the molecule is CCC(C)CC(C)c1cc(C)ccc1C. The van der Waals surface area contributed by atoms with Crippen LogP contribution in [-0.2, 0) is 0 Å². The first-order valence-electron chi connectivity index (χ1n) is 6.11. The van der Waals surface area contributed by atoms with Crippen LogP contribution in [0, 0.1) is 19.8 Å². The van der Waals surface area contributed by atoms with Gasteiger partial charge in [0.25, 0.3) is 0 Å².